The van der Waals surface area contributed by atoms with Gasteiger partial charge in [-0.25, -0.2) is 14.4 Å². The van der Waals surface area contributed by atoms with Crippen LogP contribution in [0.5, 0.6) is 0 Å². The lowest BCUT2D eigenvalue weighted by atomic mass is 9.91. The van der Waals surface area contributed by atoms with E-state index in [1.807, 2.05) is 18.2 Å². The lowest BCUT2D eigenvalue weighted by Gasteiger charge is -2.30. The maximum atomic E-state index is 11.7. The second-order valence-electron chi connectivity index (χ2n) is 9.89. The molecule has 9 nitrogen and oxygen atoms in total. The van der Waals surface area contributed by atoms with Crippen molar-refractivity contribution in [1.29, 1.82) is 0 Å². The van der Waals surface area contributed by atoms with Gasteiger partial charge in [-0.1, -0.05) is 81.5 Å². The van der Waals surface area contributed by atoms with Crippen molar-refractivity contribution in [3.8, 4) is 0 Å². The minimum atomic E-state index is -1.18. The molecular weight excluding hydrogens is 486 g/mol. The van der Waals surface area contributed by atoms with E-state index >= 15 is 0 Å². The van der Waals surface area contributed by atoms with Gasteiger partial charge < -0.3 is 30.5 Å². The second kappa shape index (κ2) is 19.1. The van der Waals surface area contributed by atoms with Crippen LogP contribution >= 0.6 is 0 Å². The minimum absolute atomic E-state index is 0.0513. The molecule has 0 heterocycles. The van der Waals surface area contributed by atoms with Gasteiger partial charge in [0.05, 0.1) is 0 Å². The summed E-state index contributed by atoms with van der Waals surface area (Å²) in [5.41, 5.74) is 0.798. The van der Waals surface area contributed by atoms with Crippen LogP contribution in [0.4, 0.5) is 9.59 Å². The number of benzene rings is 1. The summed E-state index contributed by atoms with van der Waals surface area (Å²) in [6.45, 7) is 3.78. The van der Waals surface area contributed by atoms with Gasteiger partial charge in [-0.3, -0.25) is 0 Å². The number of amides is 2. The van der Waals surface area contributed by atoms with Crippen molar-refractivity contribution in [2.24, 2.45) is 0 Å². The van der Waals surface area contributed by atoms with E-state index < -0.39 is 24.2 Å². The first-order chi connectivity index (χ1) is 18.5. The summed E-state index contributed by atoms with van der Waals surface area (Å²) < 4.78 is 9.70. The maximum absolute atomic E-state index is 11.7. The molecule has 0 unspecified atom stereocenters. The number of carboxylic acid groups (broad SMARTS) is 1. The zero-order valence-electron chi connectivity index (χ0n) is 22.5. The summed E-state index contributed by atoms with van der Waals surface area (Å²) in [5.74, 6) is -1.18. The third kappa shape index (κ3) is 14.0. The van der Waals surface area contributed by atoms with Gasteiger partial charge in [0.2, 0.25) is 0 Å². The minimum Gasteiger partial charge on any atom is -0.480 e. The van der Waals surface area contributed by atoms with Crippen LogP contribution in [0.1, 0.15) is 82.6 Å². The zero-order valence-corrected chi connectivity index (χ0v) is 22.5. The van der Waals surface area contributed by atoms with Gasteiger partial charge in [0.25, 0.3) is 0 Å². The molecule has 3 rings (SSSR count). The van der Waals surface area contributed by atoms with Gasteiger partial charge in [0, 0.05) is 18.6 Å². The number of nitrogens with one attached hydrogen (secondary N) is 3. The van der Waals surface area contributed by atoms with Crippen LogP contribution in [-0.4, -0.2) is 54.5 Å². The van der Waals surface area contributed by atoms with Gasteiger partial charge in [-0.15, -0.1) is 0 Å². The molecule has 0 aliphatic heterocycles. The Morgan fingerprint density at radius 2 is 1.53 bits per heavy atom. The van der Waals surface area contributed by atoms with E-state index in [1.165, 1.54) is 70.3 Å². The SMILES string of the molecule is C1CCC(NC2CCCCC2)CC1.C=CCOC(=O)NCCC[C@H](NC(=O)OCc1ccccc1)C(=O)O. The first-order valence-corrected chi connectivity index (χ1v) is 14.0. The van der Waals surface area contributed by atoms with Crippen molar-refractivity contribution in [3.63, 3.8) is 0 Å². The Morgan fingerprint density at radius 3 is 2.08 bits per heavy atom. The number of hydrogen-bond acceptors (Lipinski definition) is 6. The number of carboxylic acids is 1. The van der Waals surface area contributed by atoms with Gasteiger partial charge in [-0.2, -0.15) is 0 Å². The van der Waals surface area contributed by atoms with Crippen molar-refractivity contribution in [2.75, 3.05) is 13.2 Å². The van der Waals surface area contributed by atoms with Crippen molar-refractivity contribution < 1.29 is 29.0 Å². The van der Waals surface area contributed by atoms with Crippen molar-refractivity contribution in [3.05, 3.63) is 48.6 Å². The molecule has 1 aromatic carbocycles. The van der Waals surface area contributed by atoms with Crippen molar-refractivity contribution in [2.45, 2.75) is 102 Å². The summed E-state index contributed by atoms with van der Waals surface area (Å²) >= 11 is 0. The third-order valence-electron chi connectivity index (χ3n) is 6.76. The number of carbonyl (C=O) groups excluding carboxylic acids is 2. The Hall–Kier alpha value is -3.07. The maximum Gasteiger partial charge on any atom is 0.408 e. The summed E-state index contributed by atoms with van der Waals surface area (Å²) in [4.78, 5) is 34.1. The Labute approximate surface area is 226 Å². The van der Waals surface area contributed by atoms with Crippen LogP contribution in [0.15, 0.2) is 43.0 Å². The second-order valence-corrected chi connectivity index (χ2v) is 9.89. The molecule has 0 saturated heterocycles. The van der Waals surface area contributed by atoms with E-state index in [9.17, 15) is 14.4 Å². The van der Waals surface area contributed by atoms with Crippen LogP contribution in [0.2, 0.25) is 0 Å². The number of rotatable bonds is 12. The fourth-order valence-electron chi connectivity index (χ4n) is 4.72. The highest BCUT2D eigenvalue weighted by Crippen LogP contribution is 2.22. The van der Waals surface area contributed by atoms with E-state index in [2.05, 4.69) is 22.5 Å². The molecule has 38 heavy (non-hydrogen) atoms. The highest BCUT2D eigenvalue weighted by molar-refractivity contribution is 5.79. The number of aliphatic carboxylic acids is 1. The molecule has 0 spiro atoms. The van der Waals surface area contributed by atoms with Crippen LogP contribution in [-0.2, 0) is 20.9 Å². The number of carbonyl (C=O) groups is 3. The first kappa shape index (κ1) is 31.1. The predicted molar refractivity (Wildman–Crippen MR) is 147 cm³/mol. The quantitative estimate of drug-likeness (QED) is 0.213. The van der Waals surface area contributed by atoms with Gasteiger partial charge in [0.15, 0.2) is 0 Å². The molecule has 212 valence electrons. The van der Waals surface area contributed by atoms with Crippen LogP contribution in [0.3, 0.4) is 0 Å². The standard InChI is InChI=1S/C17H22N2O6.C12H23N/c1-2-11-24-16(22)18-10-6-9-14(15(20)21)19-17(23)25-12-13-7-4-3-5-8-13;1-3-7-11(8-4-1)13-12-9-5-2-6-10-12/h2-5,7-8,14H,1,6,9-12H2,(H,18,22)(H,19,23)(H,20,21);11-13H,1-10H2/t14-;/m0./s1. The summed E-state index contributed by atoms with van der Waals surface area (Å²) in [7, 11) is 0. The lowest BCUT2D eigenvalue weighted by molar-refractivity contribution is -0.139. The molecule has 2 fully saturated rings. The van der Waals surface area contributed by atoms with Crippen LogP contribution in [0.25, 0.3) is 0 Å². The average Bonchev–Trinajstić information content (AvgIpc) is 2.94. The largest absolute Gasteiger partial charge is 0.480 e. The molecule has 1 atom stereocenters. The first-order valence-electron chi connectivity index (χ1n) is 14.0. The fourth-order valence-corrected chi connectivity index (χ4v) is 4.72. The summed E-state index contributed by atoms with van der Waals surface area (Å²) in [5, 5.41) is 17.8. The highest BCUT2D eigenvalue weighted by Gasteiger charge is 2.21. The van der Waals surface area contributed by atoms with Crippen molar-refractivity contribution >= 4 is 18.2 Å². The summed E-state index contributed by atoms with van der Waals surface area (Å²) in [6, 6.07) is 9.68. The van der Waals surface area contributed by atoms with E-state index in [0.717, 1.165) is 17.6 Å². The number of hydrogen-bond donors (Lipinski definition) is 4. The zero-order chi connectivity index (χ0) is 27.4. The van der Waals surface area contributed by atoms with E-state index in [0.29, 0.717) is 6.42 Å². The monoisotopic (exact) mass is 531 g/mol. The molecule has 2 aliphatic carbocycles. The van der Waals surface area contributed by atoms with Crippen LogP contribution in [0, 0.1) is 0 Å². The Bertz CT molecular complexity index is 807. The molecular formula is C29H45N3O6. The molecule has 0 radical (unpaired) electrons. The van der Waals surface area contributed by atoms with Gasteiger partial charge in [-0.05, 0) is 44.1 Å². The fraction of sp³-hybridized carbons (Fsp3) is 0.621. The van der Waals surface area contributed by atoms with Crippen molar-refractivity contribution in [1.82, 2.24) is 16.0 Å². The predicted octanol–water partition coefficient (Wildman–Crippen LogP) is 5.30. The highest BCUT2D eigenvalue weighted by atomic mass is 16.6. The Morgan fingerprint density at radius 1 is 0.921 bits per heavy atom. The molecule has 4 N–H and O–H groups in total. The van der Waals surface area contributed by atoms with E-state index in [1.54, 1.807) is 12.1 Å². The third-order valence-corrected chi connectivity index (χ3v) is 6.76. The summed E-state index contributed by atoms with van der Waals surface area (Å²) in [6.07, 6.45) is 15.1. The Balaban J connectivity index is 0.000000323. The van der Waals surface area contributed by atoms with E-state index in [4.69, 9.17) is 14.6 Å². The molecule has 0 bridgehead atoms. The Kier molecular flexibility index (Phi) is 15.6. The van der Waals surface area contributed by atoms with Gasteiger partial charge in [0.1, 0.15) is 19.3 Å². The van der Waals surface area contributed by atoms with E-state index in [-0.39, 0.29) is 26.2 Å². The molecule has 2 aliphatic rings. The number of ether oxygens (including phenoxy) is 2. The molecule has 0 aromatic heterocycles. The van der Waals surface area contributed by atoms with Crippen LogP contribution < -0.4 is 16.0 Å². The smallest absolute Gasteiger partial charge is 0.408 e. The van der Waals surface area contributed by atoms with Gasteiger partial charge >= 0.3 is 18.2 Å². The molecule has 1 aromatic rings. The molecule has 2 saturated carbocycles. The molecule has 9 heteroatoms. The lowest BCUT2D eigenvalue weighted by Crippen LogP contribution is -2.41. The topological polar surface area (TPSA) is 126 Å². The average molecular weight is 532 g/mol. The molecule has 2 amide bonds. The number of alkyl carbamates (subject to hydrolysis) is 2. The normalized spacial score (nSPS) is 16.7.